The van der Waals surface area contributed by atoms with Crippen molar-refractivity contribution in [1.82, 2.24) is 4.31 Å². The summed E-state index contributed by atoms with van der Waals surface area (Å²) in [5.74, 6) is -0.845. The van der Waals surface area contributed by atoms with Gasteiger partial charge in [-0.3, -0.25) is 0 Å². The van der Waals surface area contributed by atoms with E-state index in [2.05, 4.69) is 0 Å². The summed E-state index contributed by atoms with van der Waals surface area (Å²) < 4.78 is 50.4. The van der Waals surface area contributed by atoms with Gasteiger partial charge in [0.05, 0.1) is 18.8 Å². The van der Waals surface area contributed by atoms with E-state index in [0.717, 1.165) is 16.4 Å². The highest BCUT2D eigenvalue weighted by Crippen LogP contribution is 2.26. The van der Waals surface area contributed by atoms with Crippen LogP contribution in [0.25, 0.3) is 0 Å². The Hall–Kier alpha value is -1.06. The number of sulfonamides is 1. The maximum absolute atomic E-state index is 13.9. The summed E-state index contributed by atoms with van der Waals surface area (Å²) in [6, 6.07) is 3.52. The van der Waals surface area contributed by atoms with Crippen LogP contribution in [-0.2, 0) is 26.1 Å². The first-order valence-electron chi connectivity index (χ1n) is 6.39. The Morgan fingerprint density at radius 3 is 2.33 bits per heavy atom. The van der Waals surface area contributed by atoms with Crippen LogP contribution in [0.2, 0.25) is 0 Å². The van der Waals surface area contributed by atoms with Crippen LogP contribution in [0, 0.1) is 5.82 Å². The predicted molar refractivity (Wildman–Crippen MR) is 72.7 cm³/mol. The summed E-state index contributed by atoms with van der Waals surface area (Å²) in [7, 11) is -1.06. The molecule has 1 aromatic rings. The first kappa shape index (κ1) is 16.3. The fraction of sp³-hybridized carbons (Fsp3) is 0.538. The highest BCUT2D eigenvalue weighted by Gasteiger charge is 2.40. The lowest BCUT2D eigenvalue weighted by Crippen LogP contribution is -2.31. The lowest BCUT2D eigenvalue weighted by atomic mass is 10.2. The molecule has 2 atom stereocenters. The molecule has 0 bridgehead atoms. The van der Waals surface area contributed by atoms with Crippen molar-refractivity contribution in [2.45, 2.75) is 23.7 Å². The molecule has 1 aliphatic heterocycles. The van der Waals surface area contributed by atoms with Crippen LogP contribution in [0.5, 0.6) is 0 Å². The van der Waals surface area contributed by atoms with Crippen LogP contribution >= 0.6 is 0 Å². The van der Waals surface area contributed by atoms with Gasteiger partial charge in [-0.25, -0.2) is 12.8 Å². The van der Waals surface area contributed by atoms with E-state index in [-0.39, 0.29) is 19.7 Å². The van der Waals surface area contributed by atoms with Crippen LogP contribution in [0.3, 0.4) is 0 Å². The molecular weight excluding hydrogens is 301 g/mol. The molecule has 1 aromatic carbocycles. The fourth-order valence-electron chi connectivity index (χ4n) is 2.34. The van der Waals surface area contributed by atoms with Gasteiger partial charge in [0, 0.05) is 27.3 Å². The number of benzene rings is 1. The van der Waals surface area contributed by atoms with Gasteiger partial charge in [-0.05, 0) is 17.7 Å². The largest absolute Gasteiger partial charge is 0.392 e. The highest BCUT2D eigenvalue weighted by molar-refractivity contribution is 7.89. The third kappa shape index (κ3) is 3.09. The molecule has 0 aliphatic carbocycles. The van der Waals surface area contributed by atoms with Gasteiger partial charge in [-0.1, -0.05) is 6.07 Å². The van der Waals surface area contributed by atoms with Gasteiger partial charge in [-0.2, -0.15) is 4.31 Å². The van der Waals surface area contributed by atoms with Crippen molar-refractivity contribution in [2.75, 3.05) is 27.3 Å². The molecule has 1 aliphatic rings. The molecule has 0 saturated carbocycles. The number of halogens is 1. The van der Waals surface area contributed by atoms with Gasteiger partial charge in [-0.15, -0.1) is 0 Å². The van der Waals surface area contributed by atoms with E-state index >= 15 is 0 Å². The average Bonchev–Trinajstić information content (AvgIpc) is 2.91. The van der Waals surface area contributed by atoms with Crippen LogP contribution in [0.4, 0.5) is 4.39 Å². The first-order valence-corrected chi connectivity index (χ1v) is 7.83. The van der Waals surface area contributed by atoms with Crippen LogP contribution in [-0.4, -0.2) is 57.3 Å². The summed E-state index contributed by atoms with van der Waals surface area (Å²) in [5.41, 5.74) is 0.334. The quantitative estimate of drug-likeness (QED) is 0.848. The third-order valence-corrected chi connectivity index (χ3v) is 5.43. The number of methoxy groups -OCH3 is 2. The minimum atomic E-state index is -4.00. The van der Waals surface area contributed by atoms with Crippen molar-refractivity contribution in [3.8, 4) is 0 Å². The molecule has 0 spiro atoms. The Labute approximate surface area is 123 Å². The van der Waals surface area contributed by atoms with E-state index in [4.69, 9.17) is 14.6 Å². The van der Waals surface area contributed by atoms with Gasteiger partial charge >= 0.3 is 0 Å². The highest BCUT2D eigenvalue weighted by atomic mass is 32.2. The van der Waals surface area contributed by atoms with E-state index in [1.54, 1.807) is 0 Å². The molecule has 8 heteroatoms. The van der Waals surface area contributed by atoms with E-state index in [1.165, 1.54) is 20.3 Å². The van der Waals surface area contributed by atoms with Crippen LogP contribution in [0.1, 0.15) is 5.56 Å². The van der Waals surface area contributed by atoms with E-state index < -0.39 is 32.9 Å². The maximum Gasteiger partial charge on any atom is 0.246 e. The van der Waals surface area contributed by atoms with Crippen molar-refractivity contribution >= 4 is 10.0 Å². The smallest absolute Gasteiger partial charge is 0.246 e. The summed E-state index contributed by atoms with van der Waals surface area (Å²) in [6.45, 7) is -0.162. The third-order valence-electron chi connectivity index (χ3n) is 3.58. The van der Waals surface area contributed by atoms with E-state index in [0.29, 0.717) is 5.56 Å². The molecule has 6 nitrogen and oxygen atoms in total. The number of ether oxygens (including phenoxy) is 2. The Balaban J connectivity index is 2.35. The second-order valence-corrected chi connectivity index (χ2v) is 6.70. The number of nitrogens with zero attached hydrogens (tertiary/aromatic N) is 1. The fourth-order valence-corrected chi connectivity index (χ4v) is 3.92. The molecule has 118 valence electrons. The Bertz CT molecular complexity index is 595. The SMILES string of the molecule is COC1CN(S(=O)(=O)c2cc(CO)ccc2F)CC1OC. The molecule has 1 heterocycles. The molecule has 2 rings (SSSR count). The summed E-state index contributed by atoms with van der Waals surface area (Å²) in [6.07, 6.45) is -0.789. The summed E-state index contributed by atoms with van der Waals surface area (Å²) in [4.78, 5) is -0.444. The van der Waals surface area contributed by atoms with Crippen molar-refractivity contribution < 1.29 is 27.4 Å². The molecule has 2 unspecified atom stereocenters. The standard InChI is InChI=1S/C13H18FNO5S/c1-19-11-6-15(7-12(11)20-2)21(17,18)13-5-9(8-16)3-4-10(13)14/h3-5,11-12,16H,6-8H2,1-2H3. The lowest BCUT2D eigenvalue weighted by molar-refractivity contribution is -0.00461. The van der Waals surface area contributed by atoms with Gasteiger partial charge in [0.2, 0.25) is 10.0 Å². The summed E-state index contributed by atoms with van der Waals surface area (Å²) >= 11 is 0. The Morgan fingerprint density at radius 1 is 1.29 bits per heavy atom. The van der Waals surface area contributed by atoms with Crippen molar-refractivity contribution in [1.29, 1.82) is 0 Å². The number of hydrogen-bond donors (Lipinski definition) is 1. The number of rotatable bonds is 5. The number of hydrogen-bond acceptors (Lipinski definition) is 5. The molecule has 21 heavy (non-hydrogen) atoms. The monoisotopic (exact) mass is 319 g/mol. The zero-order valence-electron chi connectivity index (χ0n) is 11.8. The molecule has 0 amide bonds. The van der Waals surface area contributed by atoms with E-state index in [1.807, 2.05) is 0 Å². The molecule has 0 radical (unpaired) electrons. The van der Waals surface area contributed by atoms with E-state index in [9.17, 15) is 12.8 Å². The zero-order valence-corrected chi connectivity index (χ0v) is 12.6. The second kappa shape index (κ2) is 6.37. The molecular formula is C13H18FNO5S. The predicted octanol–water partition coefficient (Wildman–Crippen LogP) is 0.352. The Kier molecular flexibility index (Phi) is 4.95. The van der Waals surface area contributed by atoms with Gasteiger partial charge < -0.3 is 14.6 Å². The van der Waals surface area contributed by atoms with Gasteiger partial charge in [0.15, 0.2) is 0 Å². The van der Waals surface area contributed by atoms with Gasteiger partial charge in [0.1, 0.15) is 10.7 Å². The van der Waals surface area contributed by atoms with Crippen LogP contribution in [0.15, 0.2) is 23.1 Å². The van der Waals surface area contributed by atoms with Gasteiger partial charge in [0.25, 0.3) is 0 Å². The molecule has 1 fully saturated rings. The second-order valence-electron chi connectivity index (χ2n) is 4.79. The zero-order chi connectivity index (χ0) is 15.6. The number of aliphatic hydroxyl groups is 1. The first-order chi connectivity index (χ1) is 9.93. The van der Waals surface area contributed by atoms with Crippen molar-refractivity contribution in [3.63, 3.8) is 0 Å². The van der Waals surface area contributed by atoms with Crippen molar-refractivity contribution in [3.05, 3.63) is 29.6 Å². The number of aliphatic hydroxyl groups excluding tert-OH is 1. The van der Waals surface area contributed by atoms with Crippen molar-refractivity contribution in [2.24, 2.45) is 0 Å². The maximum atomic E-state index is 13.9. The topological polar surface area (TPSA) is 76.1 Å². The molecule has 1 saturated heterocycles. The molecule has 0 aromatic heterocycles. The minimum absolute atomic E-state index is 0.0974. The lowest BCUT2D eigenvalue weighted by Gasteiger charge is -2.17. The molecule has 1 N–H and O–H groups in total. The normalized spacial score (nSPS) is 23.6. The minimum Gasteiger partial charge on any atom is -0.392 e. The average molecular weight is 319 g/mol. The summed E-state index contributed by atoms with van der Waals surface area (Å²) in [5, 5.41) is 9.07. The Morgan fingerprint density at radius 2 is 1.86 bits per heavy atom. The van der Waals surface area contributed by atoms with Crippen LogP contribution < -0.4 is 0 Å².